The minimum Gasteiger partial charge on any atom is -0.462 e. The first-order valence-corrected chi connectivity index (χ1v) is 49.1. The number of carbonyl (C=O) groups is 4. The van der Waals surface area contributed by atoms with Crippen molar-refractivity contribution in [2.24, 2.45) is 0 Å². The second kappa shape index (κ2) is 83.5. The van der Waals surface area contributed by atoms with Crippen molar-refractivity contribution in [1.29, 1.82) is 0 Å². The number of phosphoric acid groups is 2. The van der Waals surface area contributed by atoms with Crippen molar-refractivity contribution >= 4 is 39.5 Å². The molecule has 0 heterocycles. The summed E-state index contributed by atoms with van der Waals surface area (Å²) in [5, 5.41) is 10.7. The van der Waals surface area contributed by atoms with Gasteiger partial charge in [-0.25, -0.2) is 9.13 Å². The highest BCUT2D eigenvalue weighted by Gasteiger charge is 2.30. The van der Waals surface area contributed by atoms with Gasteiger partial charge in [-0.15, -0.1) is 0 Å². The number of esters is 4. The average Bonchev–Trinajstić information content (AvgIpc) is 0.902. The van der Waals surface area contributed by atoms with E-state index in [1.807, 2.05) is 0 Å². The van der Waals surface area contributed by atoms with E-state index in [0.717, 1.165) is 103 Å². The molecule has 0 saturated carbocycles. The lowest BCUT2D eigenvalue weighted by molar-refractivity contribution is -0.161. The van der Waals surface area contributed by atoms with Gasteiger partial charge >= 0.3 is 39.5 Å². The lowest BCUT2D eigenvalue weighted by atomic mass is 10.0. The molecule has 0 aromatic heterocycles. The molecule has 0 saturated heterocycles. The van der Waals surface area contributed by atoms with Crippen molar-refractivity contribution in [3.05, 3.63) is 24.3 Å². The van der Waals surface area contributed by atoms with Gasteiger partial charge in [-0.2, -0.15) is 0 Å². The highest BCUT2D eigenvalue weighted by Crippen LogP contribution is 2.45. The molecule has 0 aliphatic heterocycles. The van der Waals surface area contributed by atoms with Crippen LogP contribution in [0.4, 0.5) is 0 Å². The van der Waals surface area contributed by atoms with Gasteiger partial charge in [0.25, 0.3) is 0 Å². The fourth-order valence-electron chi connectivity index (χ4n) is 13.7. The van der Waals surface area contributed by atoms with Gasteiger partial charge in [-0.3, -0.25) is 37.3 Å². The predicted molar refractivity (Wildman–Crippen MR) is 451 cm³/mol. The van der Waals surface area contributed by atoms with Crippen molar-refractivity contribution in [3.63, 3.8) is 0 Å². The van der Waals surface area contributed by atoms with Gasteiger partial charge in [0.2, 0.25) is 0 Å². The van der Waals surface area contributed by atoms with E-state index in [4.69, 9.17) is 37.0 Å². The van der Waals surface area contributed by atoms with Gasteiger partial charge in [0.1, 0.15) is 19.3 Å². The molecule has 0 amide bonds. The van der Waals surface area contributed by atoms with Crippen LogP contribution in [0.3, 0.4) is 0 Å². The topological polar surface area (TPSA) is 237 Å². The van der Waals surface area contributed by atoms with Gasteiger partial charge in [-0.05, 0) is 51.4 Å². The Morgan fingerprint density at radius 3 is 0.670 bits per heavy atom. The number of phosphoric ester groups is 2. The van der Waals surface area contributed by atoms with Crippen LogP contribution < -0.4 is 0 Å². The first-order valence-electron chi connectivity index (χ1n) is 46.1. The Hall–Kier alpha value is -2.46. The standard InChI is InChI=1S/C90H172O17P2/c1-5-9-13-17-21-25-29-33-36-38-40-42-43-45-47-50-53-57-61-65-69-73-77-90(95)107-86(81-101-88(93)75-71-67-63-59-55-51-49-46-44-41-39-37-34-30-26-22-18-14-10-6-2)83-105-109(98,99)103-79-84(91)78-102-108(96,97)104-82-85(80-100-87(92)74-70-66-62-58-54-32-28-24-20-16-12-8-4)106-89(94)76-72-68-64-60-56-52-48-35-31-27-23-19-15-11-7-3/h27,31,35,48,84-86,91H,5-26,28-30,32-34,36-47,49-83H2,1-4H3,(H,96,97)(H,98,99)/b31-27-,48-35-/t84-,85+,86+/m0/s1. The number of allylic oxidation sites excluding steroid dienone is 4. The first kappa shape index (κ1) is 107. The number of hydrogen-bond acceptors (Lipinski definition) is 15. The molecule has 109 heavy (non-hydrogen) atoms. The Balaban J connectivity index is 5.26. The molecule has 0 fully saturated rings. The van der Waals surface area contributed by atoms with E-state index in [2.05, 4.69) is 52.0 Å². The molecule has 5 atom stereocenters. The normalized spacial score (nSPS) is 13.8. The van der Waals surface area contributed by atoms with Gasteiger partial charge in [0.15, 0.2) is 12.2 Å². The second-order valence-corrected chi connectivity index (χ2v) is 34.6. The number of rotatable bonds is 89. The Labute approximate surface area is 669 Å². The molecule has 19 heteroatoms. The first-order chi connectivity index (χ1) is 53.2. The summed E-state index contributed by atoms with van der Waals surface area (Å²) in [7, 11) is -9.94. The molecular formula is C90H172O17P2. The molecule has 2 unspecified atom stereocenters. The summed E-state index contributed by atoms with van der Waals surface area (Å²) in [6.07, 6.45) is 82.9. The predicted octanol–water partition coefficient (Wildman–Crippen LogP) is 27.6. The number of ether oxygens (including phenoxy) is 4. The molecule has 3 N–H and O–H groups in total. The van der Waals surface area contributed by atoms with E-state index in [-0.39, 0.29) is 25.7 Å². The Morgan fingerprint density at radius 2 is 0.440 bits per heavy atom. The fourth-order valence-corrected chi connectivity index (χ4v) is 15.3. The lowest BCUT2D eigenvalue weighted by Crippen LogP contribution is -2.30. The van der Waals surface area contributed by atoms with Crippen LogP contribution in [0.25, 0.3) is 0 Å². The van der Waals surface area contributed by atoms with Crippen LogP contribution in [-0.2, 0) is 65.4 Å². The molecule has 0 radical (unpaired) electrons. The molecule has 0 aromatic rings. The zero-order valence-electron chi connectivity index (χ0n) is 71.0. The van der Waals surface area contributed by atoms with Crippen molar-refractivity contribution < 1.29 is 80.2 Å². The van der Waals surface area contributed by atoms with Crippen LogP contribution in [0, 0.1) is 0 Å². The second-order valence-electron chi connectivity index (χ2n) is 31.7. The van der Waals surface area contributed by atoms with E-state index >= 15 is 0 Å². The molecule has 0 rings (SSSR count). The molecule has 17 nitrogen and oxygen atoms in total. The molecular weight excluding hydrogens is 1410 g/mol. The number of aliphatic hydroxyl groups is 1. The summed E-state index contributed by atoms with van der Waals surface area (Å²) in [6, 6.07) is 0. The zero-order valence-corrected chi connectivity index (χ0v) is 72.8. The third kappa shape index (κ3) is 83.3. The summed E-state index contributed by atoms with van der Waals surface area (Å²) in [5.41, 5.74) is 0. The molecule has 0 bridgehead atoms. The van der Waals surface area contributed by atoms with Crippen LogP contribution in [0.5, 0.6) is 0 Å². The smallest absolute Gasteiger partial charge is 0.462 e. The number of aliphatic hydroxyl groups excluding tert-OH is 1. The monoisotopic (exact) mass is 1590 g/mol. The zero-order chi connectivity index (χ0) is 79.6. The third-order valence-electron chi connectivity index (χ3n) is 20.7. The fraction of sp³-hybridized carbons (Fsp3) is 0.911. The van der Waals surface area contributed by atoms with Crippen LogP contribution in [0.2, 0.25) is 0 Å². The molecule has 0 aliphatic rings. The van der Waals surface area contributed by atoms with Crippen molar-refractivity contribution in [3.8, 4) is 0 Å². The molecule has 0 spiro atoms. The van der Waals surface area contributed by atoms with Gasteiger partial charge in [0, 0.05) is 25.7 Å². The summed E-state index contributed by atoms with van der Waals surface area (Å²) < 4.78 is 69.0. The van der Waals surface area contributed by atoms with Gasteiger partial charge in [0.05, 0.1) is 26.4 Å². The van der Waals surface area contributed by atoms with Crippen LogP contribution in [-0.4, -0.2) is 96.7 Å². The maximum atomic E-state index is 13.2. The Kier molecular flexibility index (Phi) is 81.6. The highest BCUT2D eigenvalue weighted by molar-refractivity contribution is 7.47. The van der Waals surface area contributed by atoms with E-state index in [1.165, 1.54) is 289 Å². The van der Waals surface area contributed by atoms with Crippen molar-refractivity contribution in [1.82, 2.24) is 0 Å². The molecule has 644 valence electrons. The summed E-state index contributed by atoms with van der Waals surface area (Å²) in [4.78, 5) is 73.3. The number of hydrogen-bond donors (Lipinski definition) is 3. The quantitative estimate of drug-likeness (QED) is 0.0169. The summed E-state index contributed by atoms with van der Waals surface area (Å²) in [5.74, 6) is -2.12. The maximum Gasteiger partial charge on any atom is 0.472 e. The van der Waals surface area contributed by atoms with Crippen LogP contribution >= 0.6 is 15.6 Å². The minimum absolute atomic E-state index is 0.0861. The van der Waals surface area contributed by atoms with E-state index in [1.54, 1.807) is 0 Å². The van der Waals surface area contributed by atoms with Gasteiger partial charge < -0.3 is 33.8 Å². The van der Waals surface area contributed by atoms with Crippen LogP contribution in [0.15, 0.2) is 24.3 Å². The van der Waals surface area contributed by atoms with Crippen LogP contribution in [0.1, 0.15) is 471 Å². The third-order valence-corrected chi connectivity index (χ3v) is 22.6. The summed E-state index contributed by atoms with van der Waals surface area (Å²) in [6.45, 7) is 5.01. The average molecular weight is 1590 g/mol. The molecule has 0 aromatic carbocycles. The molecule has 0 aliphatic carbocycles. The highest BCUT2D eigenvalue weighted by atomic mass is 31.2. The SMILES string of the molecule is CCCCCC/C=C\C=C/CCCCCCCC(=O)O[C@H](COC(=O)CCCCCCCCCCCCCC)COP(=O)(O)OC[C@H](O)COP(=O)(O)OC[C@@H](COC(=O)CCCCCCCCCCCCCCCCCCCCCC)OC(=O)CCCCCCCCCCCCCCCCCCCCCCCC. The van der Waals surface area contributed by atoms with E-state index in [0.29, 0.717) is 25.7 Å². The lowest BCUT2D eigenvalue weighted by Gasteiger charge is -2.21. The van der Waals surface area contributed by atoms with E-state index in [9.17, 15) is 43.2 Å². The Morgan fingerprint density at radius 1 is 0.257 bits per heavy atom. The number of unbranched alkanes of at least 4 members (excludes halogenated alkanes) is 60. The number of carbonyl (C=O) groups excluding carboxylic acids is 4. The van der Waals surface area contributed by atoms with Crippen molar-refractivity contribution in [2.45, 2.75) is 489 Å². The van der Waals surface area contributed by atoms with E-state index < -0.39 is 97.5 Å². The largest absolute Gasteiger partial charge is 0.472 e. The Bertz CT molecular complexity index is 2150. The van der Waals surface area contributed by atoms with Gasteiger partial charge in [-0.1, -0.05) is 418 Å². The summed E-state index contributed by atoms with van der Waals surface area (Å²) >= 11 is 0. The maximum absolute atomic E-state index is 13.2. The van der Waals surface area contributed by atoms with Crippen molar-refractivity contribution in [2.75, 3.05) is 39.6 Å². The minimum atomic E-state index is -4.97.